The van der Waals surface area contributed by atoms with Gasteiger partial charge >= 0.3 is 0 Å². The van der Waals surface area contributed by atoms with Crippen molar-refractivity contribution in [3.8, 4) is 0 Å². The van der Waals surface area contributed by atoms with E-state index >= 15 is 0 Å². The van der Waals surface area contributed by atoms with Gasteiger partial charge in [0.15, 0.2) is 0 Å². The van der Waals surface area contributed by atoms with Gasteiger partial charge < -0.3 is 16.4 Å². The quantitative estimate of drug-likeness (QED) is 0.713. The van der Waals surface area contributed by atoms with Gasteiger partial charge in [-0.1, -0.05) is 6.07 Å². The minimum Gasteiger partial charge on any atom is -0.397 e. The number of nitrogens with two attached hydrogens (primary N) is 1. The number of anilines is 2. The molecule has 2 rings (SSSR count). The molecule has 1 saturated heterocycles. The van der Waals surface area contributed by atoms with Crippen LogP contribution < -0.4 is 16.4 Å². The molecule has 1 fully saturated rings. The van der Waals surface area contributed by atoms with Crippen molar-refractivity contribution in [1.29, 1.82) is 0 Å². The molecule has 1 aliphatic rings. The Morgan fingerprint density at radius 1 is 1.43 bits per heavy atom. The summed E-state index contributed by atoms with van der Waals surface area (Å²) in [5.74, 6) is -0.118. The fraction of sp³-hybridized carbons (Fsp3) is 0.467. The second-order valence-electron chi connectivity index (χ2n) is 5.56. The summed E-state index contributed by atoms with van der Waals surface area (Å²) in [6.45, 7) is 5.28. The molecule has 0 aromatic heterocycles. The Hall–Kier alpha value is -2.08. The minimum atomic E-state index is -0.0889. The Morgan fingerprint density at radius 2 is 2.19 bits per heavy atom. The maximum absolute atomic E-state index is 12.0. The first-order valence-electron chi connectivity index (χ1n) is 7.09. The van der Waals surface area contributed by atoms with Gasteiger partial charge in [0.05, 0.1) is 17.9 Å². The molecule has 21 heavy (non-hydrogen) atoms. The zero-order chi connectivity index (χ0) is 15.4. The average molecular weight is 290 g/mol. The molecule has 114 valence electrons. The van der Waals surface area contributed by atoms with Crippen LogP contribution in [-0.4, -0.2) is 42.4 Å². The number of carbonyl (C=O) groups is 2. The smallest absolute Gasteiger partial charge is 0.238 e. The lowest BCUT2D eigenvalue weighted by Gasteiger charge is -2.16. The molecule has 0 aliphatic carbocycles. The van der Waals surface area contributed by atoms with Crippen LogP contribution in [0.15, 0.2) is 18.2 Å². The van der Waals surface area contributed by atoms with Crippen LogP contribution in [0.3, 0.4) is 0 Å². The van der Waals surface area contributed by atoms with Gasteiger partial charge in [0, 0.05) is 26.1 Å². The van der Waals surface area contributed by atoms with Crippen molar-refractivity contribution in [2.45, 2.75) is 26.3 Å². The van der Waals surface area contributed by atoms with E-state index in [2.05, 4.69) is 10.6 Å². The van der Waals surface area contributed by atoms with E-state index in [-0.39, 0.29) is 17.9 Å². The van der Waals surface area contributed by atoms with E-state index in [9.17, 15) is 9.59 Å². The third kappa shape index (κ3) is 4.46. The maximum Gasteiger partial charge on any atom is 0.238 e. The number of aryl methyl sites for hydroxylation is 1. The van der Waals surface area contributed by atoms with E-state index in [1.807, 2.05) is 30.0 Å². The molecule has 0 bridgehead atoms. The van der Waals surface area contributed by atoms with Crippen LogP contribution in [0, 0.1) is 6.92 Å². The van der Waals surface area contributed by atoms with Gasteiger partial charge in [0.2, 0.25) is 11.8 Å². The zero-order valence-corrected chi connectivity index (χ0v) is 12.5. The molecule has 1 aromatic rings. The number of amides is 2. The Labute approximate surface area is 124 Å². The summed E-state index contributed by atoms with van der Waals surface area (Å²) in [4.78, 5) is 25.1. The van der Waals surface area contributed by atoms with E-state index < -0.39 is 0 Å². The number of hydrogen-bond acceptors (Lipinski definition) is 4. The summed E-state index contributed by atoms with van der Waals surface area (Å²) in [6, 6.07) is 5.69. The number of likely N-dealkylation sites (tertiary alicyclic amines) is 1. The van der Waals surface area contributed by atoms with E-state index in [0.29, 0.717) is 24.5 Å². The molecule has 4 N–H and O–H groups in total. The molecular formula is C15H22N4O2. The monoisotopic (exact) mass is 290 g/mol. The van der Waals surface area contributed by atoms with Crippen molar-refractivity contribution in [2.75, 3.05) is 30.7 Å². The molecule has 2 amide bonds. The van der Waals surface area contributed by atoms with Crippen molar-refractivity contribution in [2.24, 2.45) is 0 Å². The summed E-state index contributed by atoms with van der Waals surface area (Å²) >= 11 is 0. The summed E-state index contributed by atoms with van der Waals surface area (Å²) in [5.41, 5.74) is 8.15. The topological polar surface area (TPSA) is 87.5 Å². The fourth-order valence-electron chi connectivity index (χ4n) is 2.57. The summed E-state index contributed by atoms with van der Waals surface area (Å²) in [7, 11) is 0. The number of nitrogens with one attached hydrogen (secondary N) is 2. The van der Waals surface area contributed by atoms with Gasteiger partial charge in [-0.2, -0.15) is 0 Å². The van der Waals surface area contributed by atoms with E-state index in [0.717, 1.165) is 18.5 Å². The van der Waals surface area contributed by atoms with Crippen molar-refractivity contribution in [1.82, 2.24) is 10.2 Å². The molecule has 0 saturated carbocycles. The lowest BCUT2D eigenvalue weighted by molar-refractivity contribution is -0.119. The number of hydrogen-bond donors (Lipinski definition) is 3. The minimum absolute atomic E-state index is 0.0290. The Kier molecular flexibility index (Phi) is 4.80. The molecule has 1 unspecified atom stereocenters. The van der Waals surface area contributed by atoms with Crippen molar-refractivity contribution in [3.63, 3.8) is 0 Å². The molecule has 0 radical (unpaired) electrons. The lowest BCUT2D eigenvalue weighted by atomic mass is 10.2. The highest BCUT2D eigenvalue weighted by Crippen LogP contribution is 2.19. The second kappa shape index (κ2) is 6.58. The Morgan fingerprint density at radius 3 is 2.86 bits per heavy atom. The highest BCUT2D eigenvalue weighted by molar-refractivity contribution is 5.95. The van der Waals surface area contributed by atoms with Crippen LogP contribution in [0.5, 0.6) is 0 Å². The SMILES string of the molecule is CC(=O)NC1CCN(CC(=O)Nc2ccc(C)cc2N)C1. The van der Waals surface area contributed by atoms with Gasteiger partial charge in [0.25, 0.3) is 0 Å². The molecular weight excluding hydrogens is 268 g/mol. The molecule has 6 heteroatoms. The van der Waals surface area contributed by atoms with Crippen molar-refractivity contribution in [3.05, 3.63) is 23.8 Å². The van der Waals surface area contributed by atoms with Crippen LogP contribution >= 0.6 is 0 Å². The van der Waals surface area contributed by atoms with Crippen LogP contribution in [-0.2, 0) is 9.59 Å². The highest BCUT2D eigenvalue weighted by Gasteiger charge is 2.24. The predicted octanol–water partition coefficient (Wildman–Crippen LogP) is 0.726. The Bertz CT molecular complexity index is 544. The van der Waals surface area contributed by atoms with Crippen LogP contribution in [0.4, 0.5) is 11.4 Å². The molecule has 1 atom stereocenters. The number of benzene rings is 1. The van der Waals surface area contributed by atoms with Crippen molar-refractivity contribution >= 4 is 23.2 Å². The molecule has 1 heterocycles. The van der Waals surface area contributed by atoms with Gasteiger partial charge in [-0.3, -0.25) is 14.5 Å². The molecule has 6 nitrogen and oxygen atoms in total. The predicted molar refractivity (Wildman–Crippen MR) is 82.9 cm³/mol. The first-order valence-corrected chi connectivity index (χ1v) is 7.09. The fourth-order valence-corrected chi connectivity index (χ4v) is 2.57. The van der Waals surface area contributed by atoms with E-state index in [1.54, 1.807) is 0 Å². The van der Waals surface area contributed by atoms with Gasteiger partial charge in [0.1, 0.15) is 0 Å². The molecule has 1 aliphatic heterocycles. The normalized spacial score (nSPS) is 18.5. The number of rotatable bonds is 4. The summed E-state index contributed by atoms with van der Waals surface area (Å²) in [6.07, 6.45) is 0.875. The first-order chi connectivity index (χ1) is 9.94. The second-order valence-corrected chi connectivity index (χ2v) is 5.56. The average Bonchev–Trinajstić information content (AvgIpc) is 2.79. The van der Waals surface area contributed by atoms with E-state index in [4.69, 9.17) is 5.73 Å². The van der Waals surface area contributed by atoms with Gasteiger partial charge in [-0.05, 0) is 31.0 Å². The standard InChI is InChI=1S/C15H22N4O2/c1-10-3-4-14(13(16)7-10)18-15(21)9-19-6-5-12(8-19)17-11(2)20/h3-4,7,12H,5-6,8-9,16H2,1-2H3,(H,17,20)(H,18,21). The van der Waals surface area contributed by atoms with Gasteiger partial charge in [-0.15, -0.1) is 0 Å². The lowest BCUT2D eigenvalue weighted by Crippen LogP contribution is -2.37. The first kappa shape index (κ1) is 15.3. The van der Waals surface area contributed by atoms with Crippen LogP contribution in [0.25, 0.3) is 0 Å². The summed E-state index contributed by atoms with van der Waals surface area (Å²) in [5, 5.41) is 5.70. The van der Waals surface area contributed by atoms with Crippen LogP contribution in [0.2, 0.25) is 0 Å². The highest BCUT2D eigenvalue weighted by atomic mass is 16.2. The number of nitrogen functional groups attached to an aromatic ring is 1. The number of nitrogens with zero attached hydrogens (tertiary/aromatic N) is 1. The largest absolute Gasteiger partial charge is 0.397 e. The third-order valence-corrected chi connectivity index (χ3v) is 3.53. The van der Waals surface area contributed by atoms with E-state index in [1.165, 1.54) is 6.92 Å². The number of carbonyl (C=O) groups excluding carboxylic acids is 2. The Balaban J connectivity index is 1.84. The van der Waals surface area contributed by atoms with Crippen molar-refractivity contribution < 1.29 is 9.59 Å². The van der Waals surface area contributed by atoms with Gasteiger partial charge in [-0.25, -0.2) is 0 Å². The zero-order valence-electron chi connectivity index (χ0n) is 12.5. The molecule has 1 aromatic carbocycles. The summed E-state index contributed by atoms with van der Waals surface area (Å²) < 4.78 is 0. The maximum atomic E-state index is 12.0. The molecule has 0 spiro atoms. The third-order valence-electron chi connectivity index (χ3n) is 3.53. The van der Waals surface area contributed by atoms with Crippen LogP contribution in [0.1, 0.15) is 18.9 Å².